The zero-order chi connectivity index (χ0) is 40.3. The summed E-state index contributed by atoms with van der Waals surface area (Å²) in [5, 5.41) is 36.1. The maximum Gasteiger partial charge on any atom is 0.101 e. The van der Waals surface area contributed by atoms with Crippen LogP contribution in [0.5, 0.6) is 0 Å². The molecule has 0 atom stereocenters. The van der Waals surface area contributed by atoms with E-state index in [9.17, 15) is 10.5 Å². The molecular formula is C56H31N5. The van der Waals surface area contributed by atoms with Gasteiger partial charge in [-0.1, -0.05) is 127 Å². The molecule has 3 aromatic heterocycles. The molecule has 5 nitrogen and oxygen atoms in total. The van der Waals surface area contributed by atoms with Crippen molar-refractivity contribution in [3.63, 3.8) is 0 Å². The summed E-state index contributed by atoms with van der Waals surface area (Å²) in [7, 11) is 0. The SMILES string of the molecule is N#Cc1cc(C#N)c(-n2c3ccccc3c3cc4ccccc4cc32)c(-n2c3ccccc3c3cc4ccccc4cc32)c1-n1c2ccccc2c2cc3ccccc3cc21. The molecule has 10 aromatic carbocycles. The van der Waals surface area contributed by atoms with Gasteiger partial charge in [-0.25, -0.2) is 0 Å². The maximum atomic E-state index is 11.4. The van der Waals surface area contributed by atoms with Crippen molar-refractivity contribution in [2.24, 2.45) is 0 Å². The summed E-state index contributed by atoms with van der Waals surface area (Å²) >= 11 is 0. The van der Waals surface area contributed by atoms with Gasteiger partial charge in [0.15, 0.2) is 0 Å². The number of hydrogen-bond acceptors (Lipinski definition) is 2. The molecule has 0 N–H and O–H groups in total. The smallest absolute Gasteiger partial charge is 0.101 e. The number of para-hydroxylation sites is 3. The van der Waals surface area contributed by atoms with Gasteiger partial charge in [-0.2, -0.15) is 10.5 Å². The van der Waals surface area contributed by atoms with Gasteiger partial charge in [-0.05, 0) is 93.0 Å². The van der Waals surface area contributed by atoms with Crippen molar-refractivity contribution in [2.75, 3.05) is 0 Å². The molecule has 0 aliphatic carbocycles. The summed E-state index contributed by atoms with van der Waals surface area (Å²) in [5.74, 6) is 0. The van der Waals surface area contributed by atoms with Crippen molar-refractivity contribution in [2.45, 2.75) is 0 Å². The summed E-state index contributed by atoms with van der Waals surface area (Å²) in [4.78, 5) is 0. The van der Waals surface area contributed by atoms with Crippen molar-refractivity contribution >= 4 is 97.7 Å². The molecule has 13 rings (SSSR count). The summed E-state index contributed by atoms with van der Waals surface area (Å²) in [6.07, 6.45) is 0. The lowest BCUT2D eigenvalue weighted by molar-refractivity contribution is 1.04. The number of aromatic nitrogens is 3. The Kier molecular flexibility index (Phi) is 6.80. The van der Waals surface area contributed by atoms with Crippen LogP contribution in [0.15, 0.2) is 188 Å². The van der Waals surface area contributed by atoms with Crippen LogP contribution in [-0.4, -0.2) is 13.7 Å². The Bertz CT molecular complexity index is 3950. The predicted molar refractivity (Wildman–Crippen MR) is 251 cm³/mol. The van der Waals surface area contributed by atoms with Crippen LogP contribution >= 0.6 is 0 Å². The molecule has 0 unspecified atom stereocenters. The molecule has 13 aromatic rings. The fraction of sp³-hybridized carbons (Fsp3) is 0. The first kappa shape index (κ1) is 33.3. The first-order chi connectivity index (χ1) is 30.2. The third-order valence-electron chi connectivity index (χ3n) is 12.8. The van der Waals surface area contributed by atoms with Crippen LogP contribution in [-0.2, 0) is 0 Å². The van der Waals surface area contributed by atoms with E-state index >= 15 is 0 Å². The first-order valence-corrected chi connectivity index (χ1v) is 20.5. The molecule has 3 heterocycles. The second-order valence-electron chi connectivity index (χ2n) is 15.9. The van der Waals surface area contributed by atoms with Gasteiger partial charge < -0.3 is 13.7 Å². The quantitative estimate of drug-likeness (QED) is 0.179. The Morgan fingerprint density at radius 2 is 0.541 bits per heavy atom. The van der Waals surface area contributed by atoms with Crippen LogP contribution in [0.25, 0.3) is 115 Å². The highest BCUT2D eigenvalue weighted by atomic mass is 15.1. The van der Waals surface area contributed by atoms with Crippen LogP contribution in [0.4, 0.5) is 0 Å². The van der Waals surface area contributed by atoms with E-state index in [0.29, 0.717) is 22.5 Å². The highest BCUT2D eigenvalue weighted by Crippen LogP contribution is 2.46. The Hall–Kier alpha value is -8.64. The fourth-order valence-electron chi connectivity index (χ4n) is 10.2. The number of rotatable bonds is 3. The lowest BCUT2D eigenvalue weighted by Gasteiger charge is -2.24. The number of benzene rings is 10. The zero-order valence-corrected chi connectivity index (χ0v) is 32.6. The second-order valence-corrected chi connectivity index (χ2v) is 15.9. The van der Waals surface area contributed by atoms with Crippen molar-refractivity contribution in [3.8, 4) is 29.2 Å². The van der Waals surface area contributed by atoms with Gasteiger partial charge in [0.1, 0.15) is 12.1 Å². The van der Waals surface area contributed by atoms with Crippen LogP contribution in [0.2, 0.25) is 0 Å². The number of fused-ring (bicyclic) bond motifs is 12. The molecule has 280 valence electrons. The predicted octanol–water partition coefficient (Wildman–Crippen LogP) is 14.2. The standard InChI is InChI=1S/C56H31N5/c57-32-40-25-41(33-58)55(60-49-23-11-8-20-43(49)46-27-35-14-2-5-17-38(35)30-52(46)60)56(61-50-24-12-9-21-44(50)47-28-36-15-3-6-18-39(36)31-53(47)61)54(40)59-48-22-10-7-19-42(48)45-26-34-13-1-4-16-37(34)29-51(45)59/h1-31H. The van der Waals surface area contributed by atoms with E-state index in [4.69, 9.17) is 0 Å². The minimum Gasteiger partial charge on any atom is -0.306 e. The molecule has 0 saturated heterocycles. The number of hydrogen-bond donors (Lipinski definition) is 0. The third kappa shape index (κ3) is 4.58. The average Bonchev–Trinajstić information content (AvgIpc) is 3.92. The lowest BCUT2D eigenvalue weighted by Crippen LogP contribution is -2.13. The Balaban J connectivity index is 1.33. The van der Waals surface area contributed by atoms with Gasteiger partial charge in [0, 0.05) is 32.3 Å². The zero-order valence-electron chi connectivity index (χ0n) is 32.6. The average molecular weight is 774 g/mol. The lowest BCUT2D eigenvalue weighted by atomic mass is 10.0. The van der Waals surface area contributed by atoms with Gasteiger partial charge in [0.2, 0.25) is 0 Å². The summed E-state index contributed by atoms with van der Waals surface area (Å²) in [6.45, 7) is 0. The van der Waals surface area contributed by atoms with Crippen LogP contribution in [0, 0.1) is 22.7 Å². The number of nitrogens with zero attached hydrogens (tertiary/aromatic N) is 5. The van der Waals surface area contributed by atoms with Gasteiger partial charge >= 0.3 is 0 Å². The Labute approximate surface area is 349 Å². The molecular weight excluding hydrogens is 743 g/mol. The van der Waals surface area contributed by atoms with Crippen LogP contribution in [0.3, 0.4) is 0 Å². The van der Waals surface area contributed by atoms with Crippen molar-refractivity contribution in [3.05, 3.63) is 199 Å². The summed E-state index contributed by atoms with van der Waals surface area (Å²) in [6, 6.07) is 71.5. The second kappa shape index (κ2) is 12.4. The Morgan fingerprint density at radius 3 is 0.869 bits per heavy atom. The molecule has 61 heavy (non-hydrogen) atoms. The summed E-state index contributed by atoms with van der Waals surface area (Å²) < 4.78 is 6.88. The minimum absolute atomic E-state index is 0.407. The van der Waals surface area contributed by atoms with Gasteiger partial charge in [0.25, 0.3) is 0 Å². The van der Waals surface area contributed by atoms with E-state index in [1.807, 2.05) is 0 Å². The van der Waals surface area contributed by atoms with Crippen molar-refractivity contribution in [1.29, 1.82) is 10.5 Å². The monoisotopic (exact) mass is 773 g/mol. The van der Waals surface area contributed by atoms with Crippen LogP contribution in [0.1, 0.15) is 11.1 Å². The van der Waals surface area contributed by atoms with E-state index in [2.05, 4.69) is 208 Å². The van der Waals surface area contributed by atoms with E-state index < -0.39 is 0 Å². The van der Waals surface area contributed by atoms with Crippen LogP contribution < -0.4 is 0 Å². The molecule has 0 saturated carbocycles. The third-order valence-corrected chi connectivity index (χ3v) is 12.8. The number of nitriles is 2. The molecule has 5 heteroatoms. The maximum absolute atomic E-state index is 11.4. The van der Waals surface area contributed by atoms with Crippen molar-refractivity contribution in [1.82, 2.24) is 13.7 Å². The summed E-state index contributed by atoms with van der Waals surface area (Å²) in [5.41, 5.74) is 8.85. The van der Waals surface area contributed by atoms with Gasteiger partial charge in [0.05, 0.1) is 61.3 Å². The van der Waals surface area contributed by atoms with E-state index in [1.54, 1.807) is 6.07 Å². The molecule has 0 aliphatic heterocycles. The molecule has 0 bridgehead atoms. The fourth-order valence-corrected chi connectivity index (χ4v) is 10.2. The molecule has 0 fully saturated rings. The normalized spacial score (nSPS) is 11.9. The van der Waals surface area contributed by atoms with Gasteiger partial charge in [-0.15, -0.1) is 0 Å². The first-order valence-electron chi connectivity index (χ1n) is 20.5. The minimum atomic E-state index is 0.407. The van der Waals surface area contributed by atoms with E-state index in [0.717, 1.165) is 103 Å². The highest BCUT2D eigenvalue weighted by molar-refractivity contribution is 6.18. The topological polar surface area (TPSA) is 62.4 Å². The largest absolute Gasteiger partial charge is 0.306 e. The highest BCUT2D eigenvalue weighted by Gasteiger charge is 2.30. The molecule has 0 spiro atoms. The van der Waals surface area contributed by atoms with Gasteiger partial charge in [-0.3, -0.25) is 0 Å². The molecule has 0 amide bonds. The van der Waals surface area contributed by atoms with E-state index in [1.165, 1.54) is 0 Å². The van der Waals surface area contributed by atoms with Crippen molar-refractivity contribution < 1.29 is 0 Å². The Morgan fingerprint density at radius 1 is 0.262 bits per heavy atom. The molecule has 0 aliphatic rings. The van der Waals surface area contributed by atoms with E-state index in [-0.39, 0.29) is 0 Å². The molecule has 0 radical (unpaired) electrons.